The Labute approximate surface area is 197 Å². The second-order valence-corrected chi connectivity index (χ2v) is 7.72. The standard InChI is InChI=1S/C28H24N4O2/c1-33-27-14-10-20(16-28(27)34-19-24-6-4-5-15-29-24)9-12-22-17-23(32-31-22)13-11-21-18-30-26-8-3-2-7-25(21)26/h2-18,30H,19H2,1H3,(H,31,32)/b12-9+,13-11+. The van der Waals surface area contributed by atoms with Gasteiger partial charge < -0.3 is 14.5 Å². The Balaban J connectivity index is 1.28. The normalized spacial score (nSPS) is 11.6. The molecule has 0 aliphatic heterocycles. The Morgan fingerprint density at radius 1 is 0.882 bits per heavy atom. The summed E-state index contributed by atoms with van der Waals surface area (Å²) < 4.78 is 11.4. The summed E-state index contributed by atoms with van der Waals surface area (Å²) in [6, 6.07) is 21.8. The fourth-order valence-corrected chi connectivity index (χ4v) is 3.66. The molecule has 6 heteroatoms. The summed E-state index contributed by atoms with van der Waals surface area (Å²) in [5, 5.41) is 8.65. The maximum atomic E-state index is 5.95. The summed E-state index contributed by atoms with van der Waals surface area (Å²) in [4.78, 5) is 7.59. The van der Waals surface area contributed by atoms with Gasteiger partial charge in [0.25, 0.3) is 0 Å². The van der Waals surface area contributed by atoms with E-state index in [2.05, 4.69) is 38.4 Å². The molecule has 0 aliphatic carbocycles. The van der Waals surface area contributed by atoms with Crippen LogP contribution in [0.2, 0.25) is 0 Å². The van der Waals surface area contributed by atoms with Crippen LogP contribution in [0.15, 0.2) is 79.1 Å². The minimum atomic E-state index is 0.371. The van der Waals surface area contributed by atoms with E-state index in [1.54, 1.807) is 13.3 Å². The zero-order valence-corrected chi connectivity index (χ0v) is 18.7. The highest BCUT2D eigenvalue weighted by molar-refractivity contribution is 5.91. The summed E-state index contributed by atoms with van der Waals surface area (Å²) in [6.07, 6.45) is 11.8. The van der Waals surface area contributed by atoms with Crippen LogP contribution in [0.4, 0.5) is 0 Å². The first-order valence-corrected chi connectivity index (χ1v) is 11.0. The molecule has 5 rings (SSSR count). The molecule has 0 bridgehead atoms. The number of hydrogen-bond donors (Lipinski definition) is 2. The first-order valence-electron chi connectivity index (χ1n) is 11.0. The molecule has 0 atom stereocenters. The molecule has 6 nitrogen and oxygen atoms in total. The van der Waals surface area contributed by atoms with Crippen LogP contribution in [0.1, 0.15) is 28.2 Å². The number of aromatic amines is 2. The van der Waals surface area contributed by atoms with Crippen molar-refractivity contribution in [3.8, 4) is 11.5 Å². The van der Waals surface area contributed by atoms with Gasteiger partial charge in [-0.1, -0.05) is 42.5 Å². The van der Waals surface area contributed by atoms with Crippen LogP contribution in [0.5, 0.6) is 11.5 Å². The van der Waals surface area contributed by atoms with Crippen LogP contribution < -0.4 is 9.47 Å². The number of H-pyrrole nitrogens is 2. The molecule has 5 aromatic rings. The zero-order chi connectivity index (χ0) is 23.2. The number of fused-ring (bicyclic) bond motifs is 1. The second kappa shape index (κ2) is 9.92. The minimum absolute atomic E-state index is 0.371. The molecular formula is C28H24N4O2. The Kier molecular flexibility index (Phi) is 6.21. The third kappa shape index (κ3) is 4.91. The van der Waals surface area contributed by atoms with E-state index in [-0.39, 0.29) is 0 Å². The number of para-hydroxylation sites is 1. The van der Waals surface area contributed by atoms with Crippen molar-refractivity contribution < 1.29 is 9.47 Å². The van der Waals surface area contributed by atoms with Gasteiger partial charge in [0.05, 0.1) is 24.2 Å². The Bertz CT molecular complexity index is 1450. The first kappa shape index (κ1) is 21.3. The SMILES string of the molecule is COc1ccc(/C=C/c2cc(/C=C/c3c[nH]c4ccccc34)[nH]n2)cc1OCc1ccccn1. The number of methoxy groups -OCH3 is 1. The quantitative estimate of drug-likeness (QED) is 0.296. The van der Waals surface area contributed by atoms with E-state index in [0.717, 1.165) is 33.7 Å². The number of benzene rings is 2. The van der Waals surface area contributed by atoms with E-state index >= 15 is 0 Å². The molecule has 3 aromatic heterocycles. The number of aromatic nitrogens is 4. The summed E-state index contributed by atoms with van der Waals surface area (Å²) in [7, 11) is 1.63. The highest BCUT2D eigenvalue weighted by Gasteiger charge is 2.06. The van der Waals surface area contributed by atoms with Crippen molar-refractivity contribution in [2.45, 2.75) is 6.61 Å². The van der Waals surface area contributed by atoms with Crippen molar-refractivity contribution in [2.24, 2.45) is 0 Å². The van der Waals surface area contributed by atoms with Crippen molar-refractivity contribution >= 4 is 35.2 Å². The topological polar surface area (TPSA) is 75.8 Å². The average Bonchev–Trinajstić information content (AvgIpc) is 3.52. The van der Waals surface area contributed by atoms with Gasteiger partial charge in [0, 0.05) is 23.3 Å². The predicted octanol–water partition coefficient (Wildman–Crippen LogP) is 6.21. The predicted molar refractivity (Wildman–Crippen MR) is 136 cm³/mol. The van der Waals surface area contributed by atoms with E-state index < -0.39 is 0 Å². The Hall–Kier alpha value is -4.58. The molecule has 0 fully saturated rings. The maximum Gasteiger partial charge on any atom is 0.162 e. The molecule has 0 unspecified atom stereocenters. The number of nitrogens with zero attached hydrogens (tertiary/aromatic N) is 2. The van der Waals surface area contributed by atoms with Crippen molar-refractivity contribution in [2.75, 3.05) is 7.11 Å². The molecule has 3 heterocycles. The van der Waals surface area contributed by atoms with Crippen molar-refractivity contribution in [3.05, 3.63) is 107 Å². The summed E-state index contributed by atoms with van der Waals surface area (Å²) in [6.45, 7) is 0.371. The molecule has 0 saturated carbocycles. The molecule has 2 N–H and O–H groups in total. The van der Waals surface area contributed by atoms with Crippen molar-refractivity contribution in [3.63, 3.8) is 0 Å². The monoisotopic (exact) mass is 448 g/mol. The molecule has 168 valence electrons. The molecule has 0 radical (unpaired) electrons. The lowest BCUT2D eigenvalue weighted by atomic mass is 10.1. The highest BCUT2D eigenvalue weighted by Crippen LogP contribution is 2.29. The molecule has 0 aliphatic rings. The maximum absolute atomic E-state index is 5.95. The molecule has 2 aromatic carbocycles. The third-order valence-corrected chi connectivity index (χ3v) is 5.42. The highest BCUT2D eigenvalue weighted by atomic mass is 16.5. The summed E-state index contributed by atoms with van der Waals surface area (Å²) in [5.41, 5.74) is 5.87. The van der Waals surface area contributed by atoms with E-state index in [9.17, 15) is 0 Å². The van der Waals surface area contributed by atoms with Crippen LogP contribution in [0.25, 0.3) is 35.2 Å². The van der Waals surface area contributed by atoms with Gasteiger partial charge in [-0.15, -0.1) is 0 Å². The third-order valence-electron chi connectivity index (χ3n) is 5.42. The Morgan fingerprint density at radius 3 is 2.68 bits per heavy atom. The van der Waals surface area contributed by atoms with Crippen LogP contribution in [-0.4, -0.2) is 27.3 Å². The fourth-order valence-electron chi connectivity index (χ4n) is 3.66. The van der Waals surface area contributed by atoms with Gasteiger partial charge in [0.1, 0.15) is 6.61 Å². The number of rotatable bonds is 8. The van der Waals surface area contributed by atoms with Crippen LogP contribution in [0.3, 0.4) is 0 Å². The first-order chi connectivity index (χ1) is 16.8. The molecule has 0 spiro atoms. The van der Waals surface area contributed by atoms with Gasteiger partial charge in [-0.3, -0.25) is 10.1 Å². The molecule has 0 saturated heterocycles. The van der Waals surface area contributed by atoms with Crippen LogP contribution in [-0.2, 0) is 6.61 Å². The van der Waals surface area contributed by atoms with Crippen molar-refractivity contribution in [1.82, 2.24) is 20.2 Å². The van der Waals surface area contributed by atoms with Crippen LogP contribution in [0, 0.1) is 0 Å². The second-order valence-electron chi connectivity index (χ2n) is 7.72. The largest absolute Gasteiger partial charge is 0.493 e. The number of ether oxygens (including phenoxy) is 2. The minimum Gasteiger partial charge on any atom is -0.493 e. The Morgan fingerprint density at radius 2 is 1.79 bits per heavy atom. The van der Waals surface area contributed by atoms with Gasteiger partial charge >= 0.3 is 0 Å². The van der Waals surface area contributed by atoms with Gasteiger partial charge in [-0.05, 0) is 59.7 Å². The lowest BCUT2D eigenvalue weighted by Gasteiger charge is -2.11. The average molecular weight is 449 g/mol. The number of hydrogen-bond acceptors (Lipinski definition) is 4. The molecule has 34 heavy (non-hydrogen) atoms. The van der Waals surface area contributed by atoms with Gasteiger partial charge in [0.2, 0.25) is 0 Å². The summed E-state index contributed by atoms with van der Waals surface area (Å²) >= 11 is 0. The molecule has 0 amide bonds. The van der Waals surface area contributed by atoms with Gasteiger partial charge in [0.15, 0.2) is 11.5 Å². The smallest absolute Gasteiger partial charge is 0.162 e. The van der Waals surface area contributed by atoms with E-state index in [0.29, 0.717) is 18.1 Å². The fraction of sp³-hybridized carbons (Fsp3) is 0.0714. The van der Waals surface area contributed by atoms with Gasteiger partial charge in [-0.2, -0.15) is 5.10 Å². The molecular weight excluding hydrogens is 424 g/mol. The van der Waals surface area contributed by atoms with Crippen LogP contribution >= 0.6 is 0 Å². The van der Waals surface area contributed by atoms with E-state index in [1.165, 1.54) is 5.39 Å². The lowest BCUT2D eigenvalue weighted by Crippen LogP contribution is -1.99. The van der Waals surface area contributed by atoms with E-state index in [4.69, 9.17) is 9.47 Å². The number of pyridine rings is 1. The zero-order valence-electron chi connectivity index (χ0n) is 18.7. The van der Waals surface area contributed by atoms with Gasteiger partial charge in [-0.25, -0.2) is 0 Å². The number of nitrogens with one attached hydrogen (secondary N) is 2. The van der Waals surface area contributed by atoms with E-state index in [1.807, 2.05) is 79.0 Å². The summed E-state index contributed by atoms with van der Waals surface area (Å²) in [5.74, 6) is 1.34. The van der Waals surface area contributed by atoms with Crippen molar-refractivity contribution in [1.29, 1.82) is 0 Å². The lowest BCUT2D eigenvalue weighted by molar-refractivity contribution is 0.280.